The predicted molar refractivity (Wildman–Crippen MR) is 117 cm³/mol. The molecule has 0 fully saturated rings. The molecule has 7 nitrogen and oxygen atoms in total. The van der Waals surface area contributed by atoms with E-state index < -0.39 is 0 Å². The zero-order chi connectivity index (χ0) is 22.5. The first kappa shape index (κ1) is 22.2. The maximum atomic E-state index is 12.5. The minimum absolute atomic E-state index is 0.0785. The fourth-order valence-electron chi connectivity index (χ4n) is 3.45. The molecule has 0 unspecified atom stereocenters. The third-order valence-electron chi connectivity index (χ3n) is 5.19. The summed E-state index contributed by atoms with van der Waals surface area (Å²) >= 11 is 0. The van der Waals surface area contributed by atoms with E-state index >= 15 is 0 Å². The van der Waals surface area contributed by atoms with Crippen molar-refractivity contribution in [2.75, 3.05) is 13.1 Å². The molecule has 0 bridgehead atoms. The van der Waals surface area contributed by atoms with E-state index in [2.05, 4.69) is 10.6 Å². The lowest BCUT2D eigenvalue weighted by Crippen LogP contribution is -2.36. The van der Waals surface area contributed by atoms with Crippen molar-refractivity contribution < 1.29 is 19.2 Å². The van der Waals surface area contributed by atoms with E-state index in [1.165, 1.54) is 28.7 Å². The van der Waals surface area contributed by atoms with Gasteiger partial charge in [0.2, 0.25) is 5.91 Å². The highest BCUT2D eigenvalue weighted by molar-refractivity contribution is 6.22. The summed E-state index contributed by atoms with van der Waals surface area (Å²) in [5.41, 5.74) is 3.15. The molecule has 0 aromatic heterocycles. The molecular weight excluding hydrogens is 394 g/mol. The summed E-state index contributed by atoms with van der Waals surface area (Å²) in [5.74, 6) is -1.16. The molecule has 2 aromatic carbocycles. The summed E-state index contributed by atoms with van der Waals surface area (Å²) in [5, 5.41) is 5.51. The third kappa shape index (κ3) is 5.17. The van der Waals surface area contributed by atoms with Crippen molar-refractivity contribution in [3.05, 3.63) is 70.3 Å². The van der Waals surface area contributed by atoms with Gasteiger partial charge in [0.15, 0.2) is 0 Å². The predicted octanol–water partition coefficient (Wildman–Crippen LogP) is 2.48. The number of hydrogen-bond acceptors (Lipinski definition) is 4. The van der Waals surface area contributed by atoms with E-state index in [-0.39, 0.29) is 41.8 Å². The van der Waals surface area contributed by atoms with Crippen LogP contribution in [-0.2, 0) is 11.2 Å². The number of rotatable bonds is 8. The van der Waals surface area contributed by atoms with Crippen LogP contribution >= 0.6 is 0 Å². The molecule has 1 aliphatic rings. The van der Waals surface area contributed by atoms with Gasteiger partial charge in [-0.25, -0.2) is 0 Å². The molecule has 2 aromatic rings. The molecular formula is C24H27N3O4. The Kier molecular flexibility index (Phi) is 6.84. The van der Waals surface area contributed by atoms with E-state index in [0.717, 1.165) is 5.56 Å². The van der Waals surface area contributed by atoms with Crippen LogP contribution in [0.1, 0.15) is 62.5 Å². The van der Waals surface area contributed by atoms with E-state index in [0.29, 0.717) is 30.5 Å². The Bertz CT molecular complexity index is 1010. The van der Waals surface area contributed by atoms with Crippen LogP contribution in [0.5, 0.6) is 0 Å². The fourth-order valence-corrected chi connectivity index (χ4v) is 3.45. The number of imide groups is 1. The maximum absolute atomic E-state index is 12.5. The van der Waals surface area contributed by atoms with Gasteiger partial charge in [0.05, 0.1) is 11.1 Å². The van der Waals surface area contributed by atoms with Gasteiger partial charge in [-0.2, -0.15) is 0 Å². The fraction of sp³-hybridized carbons (Fsp3) is 0.333. The lowest BCUT2D eigenvalue weighted by Gasteiger charge is -2.17. The van der Waals surface area contributed by atoms with Crippen LogP contribution in [0, 0.1) is 6.92 Å². The smallest absolute Gasteiger partial charge is 0.261 e. The Balaban J connectivity index is 1.45. The van der Waals surface area contributed by atoms with Crippen LogP contribution < -0.4 is 10.6 Å². The first-order valence-corrected chi connectivity index (χ1v) is 10.4. The number of benzene rings is 2. The Labute approximate surface area is 181 Å². The number of carbonyl (C=O) groups is 4. The second kappa shape index (κ2) is 9.55. The number of fused-ring (bicyclic) bond motifs is 1. The van der Waals surface area contributed by atoms with E-state index in [1.54, 1.807) is 13.8 Å². The zero-order valence-corrected chi connectivity index (χ0v) is 18.0. The first-order chi connectivity index (χ1) is 14.8. The van der Waals surface area contributed by atoms with Crippen molar-refractivity contribution in [3.8, 4) is 0 Å². The van der Waals surface area contributed by atoms with E-state index in [1.807, 2.05) is 31.2 Å². The van der Waals surface area contributed by atoms with E-state index in [4.69, 9.17) is 0 Å². The average molecular weight is 421 g/mol. The van der Waals surface area contributed by atoms with Crippen LogP contribution in [0.25, 0.3) is 0 Å². The second-order valence-electron chi connectivity index (χ2n) is 7.93. The summed E-state index contributed by atoms with van der Waals surface area (Å²) in [6.07, 6.45) is 1.04. The molecule has 0 atom stereocenters. The number of amides is 4. The van der Waals surface area contributed by atoms with Crippen molar-refractivity contribution in [1.82, 2.24) is 15.5 Å². The molecule has 3 rings (SSSR count). The molecule has 0 spiro atoms. The molecule has 0 saturated carbocycles. The van der Waals surface area contributed by atoms with Gasteiger partial charge in [-0.1, -0.05) is 29.8 Å². The summed E-state index contributed by atoms with van der Waals surface area (Å²) in [6, 6.07) is 12.3. The lowest BCUT2D eigenvalue weighted by molar-refractivity contribution is -0.121. The Morgan fingerprint density at radius 1 is 0.903 bits per heavy atom. The monoisotopic (exact) mass is 421 g/mol. The van der Waals surface area contributed by atoms with Crippen LogP contribution in [0.3, 0.4) is 0 Å². The molecule has 162 valence electrons. The molecule has 0 saturated heterocycles. The van der Waals surface area contributed by atoms with Crippen LogP contribution in [0.4, 0.5) is 0 Å². The van der Waals surface area contributed by atoms with Gasteiger partial charge in [-0.05, 0) is 51.0 Å². The number of aryl methyl sites for hydroxylation is 2. The number of nitrogens with zero attached hydrogens (tertiary/aromatic N) is 1. The van der Waals surface area contributed by atoms with Crippen LogP contribution in [-0.4, -0.2) is 47.7 Å². The van der Waals surface area contributed by atoms with Crippen LogP contribution in [0.15, 0.2) is 42.5 Å². The molecule has 1 aliphatic heterocycles. The number of nitrogens with one attached hydrogen (secondary N) is 2. The summed E-state index contributed by atoms with van der Waals surface area (Å²) in [4.78, 5) is 50.4. The molecule has 1 heterocycles. The van der Waals surface area contributed by atoms with Gasteiger partial charge in [-0.3, -0.25) is 24.1 Å². The number of hydrogen-bond donors (Lipinski definition) is 2. The van der Waals surface area contributed by atoms with Crippen molar-refractivity contribution in [2.45, 2.75) is 39.7 Å². The molecule has 0 aliphatic carbocycles. The zero-order valence-electron chi connectivity index (χ0n) is 18.0. The van der Waals surface area contributed by atoms with Crippen LogP contribution in [0.2, 0.25) is 0 Å². The van der Waals surface area contributed by atoms with Gasteiger partial charge >= 0.3 is 0 Å². The highest BCUT2D eigenvalue weighted by Crippen LogP contribution is 2.25. The van der Waals surface area contributed by atoms with Crippen molar-refractivity contribution in [2.24, 2.45) is 0 Å². The largest absolute Gasteiger partial charge is 0.354 e. The highest BCUT2D eigenvalue weighted by Gasteiger charge is 2.37. The van der Waals surface area contributed by atoms with Crippen molar-refractivity contribution in [3.63, 3.8) is 0 Å². The third-order valence-corrected chi connectivity index (χ3v) is 5.19. The molecule has 2 N–H and O–H groups in total. The Morgan fingerprint density at radius 3 is 2.23 bits per heavy atom. The standard InChI is InChI=1S/C24H27N3O4/c1-15(2)27-23(30)19-10-9-18(14-20(19)24(27)31)22(29)26-13-12-25-21(28)11-8-17-6-4-16(3)5-7-17/h4-7,9-10,14-15H,8,11-13H2,1-3H3,(H,25,28)(H,26,29). The topological polar surface area (TPSA) is 95.6 Å². The normalized spacial score (nSPS) is 12.8. The van der Waals surface area contributed by atoms with Gasteiger partial charge in [0.25, 0.3) is 17.7 Å². The Hall–Kier alpha value is -3.48. The SMILES string of the molecule is Cc1ccc(CCC(=O)NCCNC(=O)c2ccc3c(c2)C(=O)N(C(C)C)C3=O)cc1. The van der Waals surface area contributed by atoms with Crippen molar-refractivity contribution in [1.29, 1.82) is 0 Å². The number of carbonyl (C=O) groups excluding carboxylic acids is 4. The van der Waals surface area contributed by atoms with Gasteiger partial charge in [-0.15, -0.1) is 0 Å². The summed E-state index contributed by atoms with van der Waals surface area (Å²) < 4.78 is 0. The summed E-state index contributed by atoms with van der Waals surface area (Å²) in [6.45, 7) is 6.12. The first-order valence-electron chi connectivity index (χ1n) is 10.4. The Morgan fingerprint density at radius 2 is 1.55 bits per heavy atom. The summed E-state index contributed by atoms with van der Waals surface area (Å²) in [7, 11) is 0. The van der Waals surface area contributed by atoms with Crippen molar-refractivity contribution >= 4 is 23.6 Å². The average Bonchev–Trinajstić information content (AvgIpc) is 3.00. The lowest BCUT2D eigenvalue weighted by atomic mass is 10.1. The highest BCUT2D eigenvalue weighted by atomic mass is 16.2. The van der Waals surface area contributed by atoms with Gasteiger partial charge in [0, 0.05) is 31.1 Å². The quantitative estimate of drug-likeness (QED) is 0.506. The molecule has 31 heavy (non-hydrogen) atoms. The maximum Gasteiger partial charge on any atom is 0.261 e. The minimum atomic E-state index is -0.384. The van der Waals surface area contributed by atoms with Gasteiger partial charge in [0.1, 0.15) is 0 Å². The molecule has 4 amide bonds. The van der Waals surface area contributed by atoms with E-state index in [9.17, 15) is 19.2 Å². The second-order valence-corrected chi connectivity index (χ2v) is 7.93. The molecule has 0 radical (unpaired) electrons. The molecule has 7 heteroatoms. The van der Waals surface area contributed by atoms with Gasteiger partial charge < -0.3 is 10.6 Å². The minimum Gasteiger partial charge on any atom is -0.354 e.